The molecule has 124 valence electrons. The summed E-state index contributed by atoms with van der Waals surface area (Å²) in [5, 5.41) is 24.5. The van der Waals surface area contributed by atoms with E-state index in [0.717, 1.165) is 27.7 Å². The summed E-state index contributed by atoms with van der Waals surface area (Å²) in [6, 6.07) is 6.68. The van der Waals surface area contributed by atoms with Gasteiger partial charge in [-0.15, -0.1) is 0 Å². The normalized spacial score (nSPS) is 10.3. The topological polar surface area (TPSA) is 115 Å². The number of carbonyl (C=O) groups excluding carboxylic acids is 1. The molecule has 8 nitrogen and oxygen atoms in total. The molecule has 24 heavy (non-hydrogen) atoms. The number of anilines is 1. The number of hydrogen-bond acceptors (Lipinski definition) is 5. The number of nitrogens with one attached hydrogen (secondary N) is 1. The molecule has 0 spiro atoms. The fraction of sp³-hybridized carbons (Fsp3) is 0.133. The molecule has 1 amide bonds. The molecule has 0 unspecified atom stereocenters. The molecular weight excluding hydrogens is 382 g/mol. The van der Waals surface area contributed by atoms with Gasteiger partial charge in [-0.2, -0.15) is 0 Å². The first-order valence-electron chi connectivity index (χ1n) is 6.71. The third kappa shape index (κ3) is 3.57. The third-order valence-electron chi connectivity index (χ3n) is 3.37. The van der Waals surface area contributed by atoms with Crippen molar-refractivity contribution >= 4 is 38.9 Å². The highest BCUT2D eigenvalue weighted by Crippen LogP contribution is 2.29. The lowest BCUT2D eigenvalue weighted by Gasteiger charge is -2.12. The molecule has 1 N–H and O–H groups in total. The van der Waals surface area contributed by atoms with Crippen molar-refractivity contribution in [2.45, 2.75) is 13.8 Å². The fourth-order valence-corrected chi connectivity index (χ4v) is 2.95. The number of carbonyl (C=O) groups is 1. The molecule has 0 aromatic heterocycles. The minimum absolute atomic E-state index is 0.0333. The third-order valence-corrected chi connectivity index (χ3v) is 3.82. The van der Waals surface area contributed by atoms with Gasteiger partial charge in [-0.05, 0) is 43.2 Å². The van der Waals surface area contributed by atoms with Crippen LogP contribution in [0.4, 0.5) is 17.1 Å². The molecule has 0 aliphatic heterocycles. The summed E-state index contributed by atoms with van der Waals surface area (Å²) >= 11 is 3.35. The molecule has 0 radical (unpaired) electrons. The minimum atomic E-state index is -0.884. The quantitative estimate of drug-likeness (QED) is 0.618. The van der Waals surface area contributed by atoms with Gasteiger partial charge in [0.2, 0.25) is 0 Å². The van der Waals surface area contributed by atoms with Gasteiger partial charge >= 0.3 is 11.4 Å². The zero-order valence-corrected chi connectivity index (χ0v) is 14.3. The molecule has 2 rings (SSSR count). The van der Waals surface area contributed by atoms with E-state index in [-0.39, 0.29) is 5.56 Å². The Kier molecular flexibility index (Phi) is 4.93. The van der Waals surface area contributed by atoms with Crippen molar-refractivity contribution in [3.8, 4) is 0 Å². The summed E-state index contributed by atoms with van der Waals surface area (Å²) in [5.74, 6) is -0.582. The maximum absolute atomic E-state index is 12.3. The van der Waals surface area contributed by atoms with Crippen molar-refractivity contribution < 1.29 is 14.6 Å². The van der Waals surface area contributed by atoms with Crippen molar-refractivity contribution in [3.05, 3.63) is 71.7 Å². The maximum Gasteiger partial charge on any atom is 0.346 e. The predicted molar refractivity (Wildman–Crippen MR) is 91.3 cm³/mol. The molecule has 0 heterocycles. The van der Waals surface area contributed by atoms with Gasteiger partial charge in [0.25, 0.3) is 5.91 Å². The monoisotopic (exact) mass is 393 g/mol. The van der Waals surface area contributed by atoms with Crippen LogP contribution in [0.2, 0.25) is 0 Å². The van der Waals surface area contributed by atoms with Crippen LogP contribution in [0.15, 0.2) is 34.8 Å². The Morgan fingerprint density at radius 1 is 1.00 bits per heavy atom. The van der Waals surface area contributed by atoms with Gasteiger partial charge in [-0.3, -0.25) is 25.0 Å². The lowest BCUT2D eigenvalue weighted by Crippen LogP contribution is -2.14. The standard InChI is InChI=1S/C15H12BrN3O5/c1-8-5-11(16)6-9(2)14(8)17-15(20)10-3-4-12(18(21)22)13(7-10)19(23)24/h3-7H,1-2H3,(H,17,20). The number of benzene rings is 2. The number of rotatable bonds is 4. The van der Waals surface area contributed by atoms with Crippen molar-refractivity contribution in [2.24, 2.45) is 0 Å². The highest BCUT2D eigenvalue weighted by molar-refractivity contribution is 9.10. The summed E-state index contributed by atoms with van der Waals surface area (Å²) in [6.45, 7) is 3.62. The van der Waals surface area contributed by atoms with Crippen LogP contribution in [0.5, 0.6) is 0 Å². The van der Waals surface area contributed by atoms with Crippen molar-refractivity contribution in [1.82, 2.24) is 0 Å². The van der Waals surface area contributed by atoms with Crippen molar-refractivity contribution in [2.75, 3.05) is 5.32 Å². The van der Waals surface area contributed by atoms with Crippen molar-refractivity contribution in [3.63, 3.8) is 0 Å². The zero-order valence-electron chi connectivity index (χ0n) is 12.7. The average Bonchev–Trinajstić information content (AvgIpc) is 2.49. The van der Waals surface area contributed by atoms with Crippen LogP contribution in [-0.4, -0.2) is 15.8 Å². The SMILES string of the molecule is Cc1cc(Br)cc(C)c1NC(=O)c1ccc([N+](=O)[O-])c([N+](=O)[O-])c1. The molecule has 0 aliphatic rings. The summed E-state index contributed by atoms with van der Waals surface area (Å²) < 4.78 is 0.862. The van der Waals surface area contributed by atoms with Crippen LogP contribution in [0.3, 0.4) is 0 Å². The summed E-state index contributed by atoms with van der Waals surface area (Å²) in [5.41, 5.74) is 0.793. The maximum atomic E-state index is 12.3. The summed E-state index contributed by atoms with van der Waals surface area (Å²) in [7, 11) is 0. The second-order valence-corrected chi connectivity index (χ2v) is 6.00. The van der Waals surface area contributed by atoms with E-state index < -0.39 is 27.1 Å². The van der Waals surface area contributed by atoms with Gasteiger partial charge in [0, 0.05) is 27.9 Å². The molecule has 2 aromatic rings. The van der Waals surface area contributed by atoms with Gasteiger partial charge in [0.1, 0.15) is 0 Å². The summed E-state index contributed by atoms with van der Waals surface area (Å²) in [4.78, 5) is 32.4. The van der Waals surface area contributed by atoms with E-state index in [1.165, 1.54) is 6.07 Å². The van der Waals surface area contributed by atoms with Crippen LogP contribution in [0, 0.1) is 34.1 Å². The van der Waals surface area contributed by atoms with E-state index in [4.69, 9.17) is 0 Å². The Labute approximate surface area is 144 Å². The lowest BCUT2D eigenvalue weighted by atomic mass is 10.1. The highest BCUT2D eigenvalue weighted by Gasteiger charge is 2.25. The Hall–Kier alpha value is -2.81. The van der Waals surface area contributed by atoms with Gasteiger partial charge in [0.15, 0.2) is 0 Å². The van der Waals surface area contributed by atoms with Gasteiger partial charge in [-0.25, -0.2) is 0 Å². The number of nitro benzene ring substituents is 2. The first-order chi connectivity index (χ1) is 11.2. The summed E-state index contributed by atoms with van der Waals surface area (Å²) in [6.07, 6.45) is 0. The van der Waals surface area contributed by atoms with Crippen LogP contribution < -0.4 is 5.32 Å². The smallest absolute Gasteiger partial charge is 0.321 e. The Bertz CT molecular complexity index is 843. The van der Waals surface area contributed by atoms with Gasteiger partial charge in [0.05, 0.1) is 9.85 Å². The number of aryl methyl sites for hydroxylation is 2. The van der Waals surface area contributed by atoms with E-state index in [2.05, 4.69) is 21.2 Å². The molecule has 9 heteroatoms. The predicted octanol–water partition coefficient (Wildman–Crippen LogP) is 4.13. The highest BCUT2D eigenvalue weighted by atomic mass is 79.9. The Morgan fingerprint density at radius 3 is 2.04 bits per heavy atom. The van der Waals surface area contributed by atoms with E-state index in [9.17, 15) is 25.0 Å². The molecule has 0 atom stereocenters. The Morgan fingerprint density at radius 2 is 1.54 bits per heavy atom. The second-order valence-electron chi connectivity index (χ2n) is 5.09. The lowest BCUT2D eigenvalue weighted by molar-refractivity contribution is -0.422. The number of nitro groups is 2. The zero-order chi connectivity index (χ0) is 18.0. The van der Waals surface area contributed by atoms with E-state index in [0.29, 0.717) is 5.69 Å². The van der Waals surface area contributed by atoms with E-state index in [1.54, 1.807) is 0 Å². The molecule has 0 saturated heterocycles. The number of amides is 1. The van der Waals surface area contributed by atoms with E-state index >= 15 is 0 Å². The average molecular weight is 394 g/mol. The molecule has 0 saturated carbocycles. The van der Waals surface area contributed by atoms with Crippen LogP contribution in [0.25, 0.3) is 0 Å². The fourth-order valence-electron chi connectivity index (χ4n) is 2.26. The molecule has 0 aliphatic carbocycles. The number of hydrogen-bond donors (Lipinski definition) is 1. The molecule has 0 bridgehead atoms. The number of halogens is 1. The van der Waals surface area contributed by atoms with Crippen molar-refractivity contribution in [1.29, 1.82) is 0 Å². The Balaban J connectivity index is 2.39. The minimum Gasteiger partial charge on any atom is -0.321 e. The first kappa shape index (κ1) is 17.5. The molecule has 0 fully saturated rings. The van der Waals surface area contributed by atoms with Gasteiger partial charge < -0.3 is 5.32 Å². The first-order valence-corrected chi connectivity index (χ1v) is 7.51. The van der Waals surface area contributed by atoms with Gasteiger partial charge in [-0.1, -0.05) is 15.9 Å². The van der Waals surface area contributed by atoms with Crippen LogP contribution >= 0.6 is 15.9 Å². The second kappa shape index (κ2) is 6.75. The van der Waals surface area contributed by atoms with Crippen LogP contribution in [-0.2, 0) is 0 Å². The van der Waals surface area contributed by atoms with E-state index in [1.807, 2.05) is 26.0 Å². The largest absolute Gasteiger partial charge is 0.346 e. The molecular formula is C15H12BrN3O5. The van der Waals surface area contributed by atoms with Crippen LogP contribution in [0.1, 0.15) is 21.5 Å². The molecule has 2 aromatic carbocycles. The number of nitrogens with zero attached hydrogens (tertiary/aromatic N) is 2.